The van der Waals surface area contributed by atoms with E-state index in [1.807, 2.05) is 18.2 Å². The molecule has 2 heterocycles. The van der Waals surface area contributed by atoms with Crippen LogP contribution in [0, 0.1) is 0 Å². The molecular formula is C36H36ClN5O5. The Hall–Kier alpha value is -4.67. The number of rotatable bonds is 10. The summed E-state index contributed by atoms with van der Waals surface area (Å²) in [7, 11) is 0. The fourth-order valence-electron chi connectivity index (χ4n) is 6.66. The number of Topliss-reactive ketones (excluding diaryl/α,β-unsaturated/α-hetero) is 1. The van der Waals surface area contributed by atoms with Crippen molar-refractivity contribution in [1.29, 1.82) is 0 Å². The maximum absolute atomic E-state index is 14.3. The molecule has 1 aliphatic heterocycles. The summed E-state index contributed by atoms with van der Waals surface area (Å²) in [6.45, 7) is 0.335. The van der Waals surface area contributed by atoms with E-state index in [0.717, 1.165) is 37.7 Å². The number of carbonyl (C=O) groups excluding carboxylic acids is 2. The molecule has 6 rings (SSSR count). The number of hydrogen-bond acceptors (Lipinski definition) is 7. The zero-order valence-electron chi connectivity index (χ0n) is 25.8. The Labute approximate surface area is 278 Å². The van der Waals surface area contributed by atoms with Crippen molar-refractivity contribution in [1.82, 2.24) is 25.1 Å². The highest BCUT2D eigenvalue weighted by molar-refractivity contribution is 6.30. The number of halogens is 1. The minimum Gasteiger partial charge on any atom is -0.478 e. The summed E-state index contributed by atoms with van der Waals surface area (Å²) in [6, 6.07) is 20.7. The monoisotopic (exact) mass is 653 g/mol. The van der Waals surface area contributed by atoms with Crippen LogP contribution in [-0.2, 0) is 20.7 Å². The fraction of sp³-hybridized carbons (Fsp3) is 0.333. The predicted molar refractivity (Wildman–Crippen MR) is 176 cm³/mol. The van der Waals surface area contributed by atoms with Gasteiger partial charge in [0.2, 0.25) is 5.91 Å². The number of ether oxygens (including phenoxy) is 1. The minimum absolute atomic E-state index is 0.0197. The van der Waals surface area contributed by atoms with Crippen LogP contribution in [0.25, 0.3) is 11.8 Å². The molecule has 3 atom stereocenters. The molecule has 242 valence electrons. The van der Waals surface area contributed by atoms with E-state index in [4.69, 9.17) is 16.3 Å². The van der Waals surface area contributed by atoms with Gasteiger partial charge >= 0.3 is 5.97 Å². The van der Waals surface area contributed by atoms with Gasteiger partial charge in [-0.2, -0.15) is 4.68 Å². The summed E-state index contributed by atoms with van der Waals surface area (Å²) >= 11 is 6.33. The lowest BCUT2D eigenvalue weighted by Gasteiger charge is -2.45. The number of nitrogens with zero attached hydrogens (tertiary/aromatic N) is 5. The number of carboxylic acid groups (broad SMARTS) is 1. The molecule has 1 saturated heterocycles. The second kappa shape index (κ2) is 14.8. The molecule has 4 aromatic rings. The Bertz CT molecular complexity index is 1720. The van der Waals surface area contributed by atoms with Crippen LogP contribution in [0.4, 0.5) is 0 Å². The van der Waals surface area contributed by atoms with Crippen molar-refractivity contribution in [3.05, 3.63) is 112 Å². The maximum atomic E-state index is 14.3. The third-order valence-corrected chi connectivity index (χ3v) is 9.23. The first kappa shape index (κ1) is 32.3. The third kappa shape index (κ3) is 7.84. The van der Waals surface area contributed by atoms with E-state index in [2.05, 4.69) is 27.7 Å². The van der Waals surface area contributed by atoms with Gasteiger partial charge in [0.15, 0.2) is 5.78 Å². The van der Waals surface area contributed by atoms with Crippen molar-refractivity contribution in [2.45, 2.75) is 69.1 Å². The van der Waals surface area contributed by atoms with Gasteiger partial charge in [-0.1, -0.05) is 73.3 Å². The highest BCUT2D eigenvalue weighted by Gasteiger charge is 2.44. The first-order valence-electron chi connectivity index (χ1n) is 15.9. The van der Waals surface area contributed by atoms with Gasteiger partial charge in [-0.25, -0.2) is 4.79 Å². The Morgan fingerprint density at radius 3 is 2.45 bits per heavy atom. The number of carboxylic acids is 1. The highest BCUT2D eigenvalue weighted by atomic mass is 35.5. The first-order valence-corrected chi connectivity index (χ1v) is 16.3. The lowest BCUT2D eigenvalue weighted by Crippen LogP contribution is -2.58. The zero-order chi connectivity index (χ0) is 32.8. The second-order valence-electron chi connectivity index (χ2n) is 12.1. The van der Waals surface area contributed by atoms with E-state index in [1.165, 1.54) is 29.2 Å². The molecule has 0 bridgehead atoms. The van der Waals surface area contributed by atoms with E-state index in [1.54, 1.807) is 41.3 Å². The largest absolute Gasteiger partial charge is 0.478 e. The summed E-state index contributed by atoms with van der Waals surface area (Å²) in [5.41, 5.74) is 3.17. The summed E-state index contributed by atoms with van der Waals surface area (Å²) in [4.78, 5) is 41.6. The summed E-state index contributed by atoms with van der Waals surface area (Å²) in [5, 5.41) is 21.2. The molecule has 10 nitrogen and oxygen atoms in total. The number of aromatic carboxylic acids is 1. The van der Waals surface area contributed by atoms with Crippen molar-refractivity contribution in [2.24, 2.45) is 0 Å². The number of piperidine rings is 1. The van der Waals surface area contributed by atoms with Gasteiger partial charge < -0.3 is 14.7 Å². The molecule has 0 spiro atoms. The van der Waals surface area contributed by atoms with Crippen molar-refractivity contribution in [3.8, 4) is 5.69 Å². The average Bonchev–Trinajstić information content (AvgIpc) is 3.63. The van der Waals surface area contributed by atoms with Gasteiger partial charge in [-0.05, 0) is 77.2 Å². The molecule has 1 N–H and O–H groups in total. The van der Waals surface area contributed by atoms with Gasteiger partial charge in [0.05, 0.1) is 23.5 Å². The quantitative estimate of drug-likeness (QED) is 0.208. The van der Waals surface area contributed by atoms with E-state index < -0.39 is 18.1 Å². The molecule has 1 aliphatic carbocycles. The SMILES string of the molecule is O=C(O)c1ccc(CC(=O)[C@@H]2[C@H](OC3CCCCC3)C[C@H](c3ccccc3)CN2C(=O)/C=C/c2cc(Cl)ccc2-n2cnnn2)cc1. The van der Waals surface area contributed by atoms with Crippen LogP contribution < -0.4 is 0 Å². The van der Waals surface area contributed by atoms with Crippen LogP contribution in [0.3, 0.4) is 0 Å². The second-order valence-corrected chi connectivity index (χ2v) is 12.6. The number of benzene rings is 3. The third-order valence-electron chi connectivity index (χ3n) is 9.00. The van der Waals surface area contributed by atoms with Crippen LogP contribution in [0.15, 0.2) is 85.2 Å². The van der Waals surface area contributed by atoms with Gasteiger partial charge in [-0.3, -0.25) is 9.59 Å². The van der Waals surface area contributed by atoms with Crippen LogP contribution in [0.2, 0.25) is 5.02 Å². The number of ketones is 1. The fourth-order valence-corrected chi connectivity index (χ4v) is 6.84. The van der Waals surface area contributed by atoms with Crippen LogP contribution in [0.1, 0.15) is 71.5 Å². The number of tetrazole rings is 1. The first-order chi connectivity index (χ1) is 22.9. The Balaban J connectivity index is 1.35. The van der Waals surface area contributed by atoms with Crippen LogP contribution in [-0.4, -0.2) is 72.7 Å². The topological polar surface area (TPSA) is 128 Å². The van der Waals surface area contributed by atoms with Crippen LogP contribution >= 0.6 is 11.6 Å². The number of aromatic nitrogens is 4. The minimum atomic E-state index is -1.03. The lowest BCUT2D eigenvalue weighted by atomic mass is 9.82. The van der Waals surface area contributed by atoms with E-state index in [-0.39, 0.29) is 35.7 Å². The number of carbonyl (C=O) groups is 3. The average molecular weight is 654 g/mol. The van der Waals surface area contributed by atoms with Crippen molar-refractivity contribution in [3.63, 3.8) is 0 Å². The van der Waals surface area contributed by atoms with Crippen molar-refractivity contribution in [2.75, 3.05) is 6.54 Å². The maximum Gasteiger partial charge on any atom is 0.335 e. The van der Waals surface area contributed by atoms with Crippen LogP contribution in [0.5, 0.6) is 0 Å². The number of amides is 1. The van der Waals surface area contributed by atoms with E-state index in [0.29, 0.717) is 34.8 Å². The molecular weight excluding hydrogens is 618 g/mol. The number of hydrogen-bond donors (Lipinski definition) is 1. The Morgan fingerprint density at radius 2 is 1.74 bits per heavy atom. The molecule has 1 aromatic heterocycles. The van der Waals surface area contributed by atoms with Gasteiger partial charge in [0, 0.05) is 35.5 Å². The normalized spacial score (nSPS) is 20.4. The lowest BCUT2D eigenvalue weighted by molar-refractivity contribution is -0.152. The smallest absolute Gasteiger partial charge is 0.335 e. The zero-order valence-corrected chi connectivity index (χ0v) is 26.6. The molecule has 1 saturated carbocycles. The molecule has 1 amide bonds. The predicted octanol–water partition coefficient (Wildman–Crippen LogP) is 5.94. The molecule has 11 heteroatoms. The number of likely N-dealkylation sites (tertiary alicyclic amines) is 1. The summed E-state index contributed by atoms with van der Waals surface area (Å²) in [5.74, 6) is -1.55. The molecule has 0 radical (unpaired) electrons. The molecule has 3 aromatic carbocycles. The molecule has 0 unspecified atom stereocenters. The van der Waals surface area contributed by atoms with Gasteiger partial charge in [0.1, 0.15) is 12.4 Å². The molecule has 2 aliphatic rings. The molecule has 2 fully saturated rings. The standard InChI is InChI=1S/C36H36ClN5O5/c37-29-16-17-31(42-23-38-39-40-42)27(20-29)15-18-34(44)41-22-28(25-7-3-1-4-8-25)21-33(47-30-9-5-2-6-10-30)35(41)32(43)19-24-11-13-26(14-12-24)36(45)46/h1,3-4,7-8,11-18,20,23,28,30,33,35H,2,5-6,9-10,19,21-22H2,(H,45,46)/b18-15+/t28-,33+,35+/m0/s1. The van der Waals surface area contributed by atoms with Gasteiger partial charge in [0.25, 0.3) is 0 Å². The van der Waals surface area contributed by atoms with Crippen molar-refractivity contribution < 1.29 is 24.2 Å². The Kier molecular flexibility index (Phi) is 10.2. The van der Waals surface area contributed by atoms with Crippen molar-refractivity contribution >= 4 is 35.3 Å². The summed E-state index contributed by atoms with van der Waals surface area (Å²) < 4.78 is 8.26. The Morgan fingerprint density at radius 1 is 0.979 bits per heavy atom. The summed E-state index contributed by atoms with van der Waals surface area (Å²) in [6.07, 6.45) is 9.89. The highest BCUT2D eigenvalue weighted by Crippen LogP contribution is 2.36. The van der Waals surface area contributed by atoms with E-state index >= 15 is 0 Å². The van der Waals surface area contributed by atoms with Gasteiger partial charge in [-0.15, -0.1) is 5.10 Å². The van der Waals surface area contributed by atoms with E-state index in [9.17, 15) is 19.5 Å². The molecule has 47 heavy (non-hydrogen) atoms.